The minimum Gasteiger partial charge on any atom is -0.469 e. The van der Waals surface area contributed by atoms with Crippen LogP contribution in [0.5, 0.6) is 0 Å². The number of rotatable bonds is 7. The second-order valence-electron chi connectivity index (χ2n) is 7.99. The van der Waals surface area contributed by atoms with Crippen LogP contribution in [0.4, 0.5) is 0 Å². The number of hydroxylamine groups is 2. The zero-order chi connectivity index (χ0) is 21.8. The van der Waals surface area contributed by atoms with E-state index >= 15 is 0 Å². The fourth-order valence-corrected chi connectivity index (χ4v) is 4.75. The molecule has 8 nitrogen and oxygen atoms in total. The molecule has 0 aliphatic carbocycles. The van der Waals surface area contributed by atoms with E-state index in [9.17, 15) is 9.59 Å². The fraction of sp³-hybridized carbons (Fsp3) is 0.435. The van der Waals surface area contributed by atoms with Crippen LogP contribution in [0.1, 0.15) is 25.0 Å². The SMILES string of the molecule is C=CCON1C(=O)CC(C(=O)OC)C12CCN(Cc1cccn1-c1ccccn1)CC2. The Morgan fingerprint density at radius 2 is 2.10 bits per heavy atom. The molecule has 2 aliphatic rings. The molecular weight excluding hydrogens is 396 g/mol. The lowest BCUT2D eigenvalue weighted by molar-refractivity contribution is -0.218. The zero-order valence-corrected chi connectivity index (χ0v) is 17.8. The highest BCUT2D eigenvalue weighted by molar-refractivity contribution is 5.88. The van der Waals surface area contributed by atoms with Crippen molar-refractivity contribution in [3.05, 3.63) is 61.1 Å². The molecule has 1 unspecified atom stereocenters. The van der Waals surface area contributed by atoms with Gasteiger partial charge in [0.2, 0.25) is 5.91 Å². The van der Waals surface area contributed by atoms with Gasteiger partial charge >= 0.3 is 5.97 Å². The maximum Gasteiger partial charge on any atom is 0.311 e. The Bertz CT molecular complexity index is 934. The van der Waals surface area contributed by atoms with E-state index in [0.717, 1.165) is 31.1 Å². The Kier molecular flexibility index (Phi) is 6.20. The number of nitrogens with zero attached hydrogens (tertiary/aromatic N) is 4. The molecule has 164 valence electrons. The van der Waals surface area contributed by atoms with Crippen LogP contribution in [0.15, 0.2) is 55.4 Å². The van der Waals surface area contributed by atoms with Gasteiger partial charge < -0.3 is 9.30 Å². The third kappa shape index (κ3) is 4.00. The van der Waals surface area contributed by atoms with Gasteiger partial charge in [0.15, 0.2) is 0 Å². The van der Waals surface area contributed by atoms with Crippen molar-refractivity contribution >= 4 is 11.9 Å². The van der Waals surface area contributed by atoms with Crippen LogP contribution in [-0.4, -0.2) is 63.7 Å². The molecule has 0 saturated carbocycles. The van der Waals surface area contributed by atoms with E-state index < -0.39 is 11.5 Å². The zero-order valence-electron chi connectivity index (χ0n) is 17.8. The number of amides is 1. The van der Waals surface area contributed by atoms with Crippen LogP contribution in [0.3, 0.4) is 0 Å². The monoisotopic (exact) mass is 424 g/mol. The van der Waals surface area contributed by atoms with Gasteiger partial charge in [-0.15, -0.1) is 6.58 Å². The highest BCUT2D eigenvalue weighted by Crippen LogP contribution is 2.44. The molecular formula is C23H28N4O4. The predicted molar refractivity (Wildman–Crippen MR) is 114 cm³/mol. The van der Waals surface area contributed by atoms with Gasteiger partial charge in [-0.2, -0.15) is 0 Å². The molecule has 0 N–H and O–H groups in total. The molecule has 0 aromatic carbocycles. The Labute approximate surface area is 182 Å². The summed E-state index contributed by atoms with van der Waals surface area (Å²) < 4.78 is 7.11. The molecule has 2 saturated heterocycles. The third-order valence-electron chi connectivity index (χ3n) is 6.30. The summed E-state index contributed by atoms with van der Waals surface area (Å²) in [7, 11) is 1.37. The lowest BCUT2D eigenvalue weighted by Crippen LogP contribution is -2.57. The van der Waals surface area contributed by atoms with Gasteiger partial charge in [-0.05, 0) is 37.1 Å². The second kappa shape index (κ2) is 9.03. The molecule has 2 fully saturated rings. The number of hydrogen-bond donors (Lipinski definition) is 0. The molecule has 1 amide bonds. The molecule has 1 atom stereocenters. The van der Waals surface area contributed by atoms with Crippen molar-refractivity contribution in [1.29, 1.82) is 0 Å². The quantitative estimate of drug-likeness (QED) is 0.502. The first-order chi connectivity index (χ1) is 15.1. The number of esters is 1. The lowest BCUT2D eigenvalue weighted by atomic mass is 9.77. The maximum absolute atomic E-state index is 12.7. The number of carbonyl (C=O) groups excluding carboxylic acids is 2. The number of likely N-dealkylation sites (tertiary alicyclic amines) is 1. The normalized spacial score (nSPS) is 20.9. The standard InChI is InChI=1S/C23H28N4O4/c1-3-15-31-27-21(28)16-19(22(29)30-2)23(27)9-13-25(14-10-23)17-18-7-6-12-26(18)20-8-4-5-11-24-20/h3-8,11-12,19H,1,9-10,13-17H2,2H3. The third-order valence-corrected chi connectivity index (χ3v) is 6.30. The first-order valence-electron chi connectivity index (χ1n) is 10.5. The molecule has 0 radical (unpaired) electrons. The molecule has 0 bridgehead atoms. The molecule has 4 rings (SSSR count). The average Bonchev–Trinajstić information content (AvgIpc) is 3.36. The number of aromatic nitrogens is 2. The highest BCUT2D eigenvalue weighted by Gasteiger charge is 2.58. The van der Waals surface area contributed by atoms with E-state index in [-0.39, 0.29) is 24.9 Å². The first kappa shape index (κ1) is 21.3. The summed E-state index contributed by atoms with van der Waals surface area (Å²) in [6.45, 7) is 6.12. The van der Waals surface area contributed by atoms with Crippen molar-refractivity contribution in [2.45, 2.75) is 31.3 Å². The maximum atomic E-state index is 12.7. The van der Waals surface area contributed by atoms with E-state index in [1.54, 1.807) is 12.3 Å². The van der Waals surface area contributed by atoms with Gasteiger partial charge in [0, 0.05) is 44.1 Å². The highest BCUT2D eigenvalue weighted by atomic mass is 16.7. The van der Waals surface area contributed by atoms with Crippen molar-refractivity contribution in [2.24, 2.45) is 5.92 Å². The van der Waals surface area contributed by atoms with Gasteiger partial charge in [-0.3, -0.25) is 19.3 Å². The summed E-state index contributed by atoms with van der Waals surface area (Å²) in [5.74, 6) is -0.160. The minimum atomic E-state index is -0.674. The van der Waals surface area contributed by atoms with Crippen LogP contribution in [-0.2, 0) is 25.7 Å². The number of hydrogen-bond acceptors (Lipinski definition) is 6. The fourth-order valence-electron chi connectivity index (χ4n) is 4.75. The molecule has 8 heteroatoms. The van der Waals surface area contributed by atoms with Gasteiger partial charge in [0.1, 0.15) is 5.82 Å². The summed E-state index contributed by atoms with van der Waals surface area (Å²) in [4.78, 5) is 37.7. The van der Waals surface area contributed by atoms with Crippen LogP contribution in [0.25, 0.3) is 5.82 Å². The largest absolute Gasteiger partial charge is 0.469 e. The van der Waals surface area contributed by atoms with Crippen LogP contribution >= 0.6 is 0 Å². The number of methoxy groups -OCH3 is 1. The number of ether oxygens (including phenoxy) is 1. The van der Waals surface area contributed by atoms with Crippen molar-refractivity contribution in [2.75, 3.05) is 26.8 Å². The molecule has 2 aliphatic heterocycles. The molecule has 31 heavy (non-hydrogen) atoms. The Morgan fingerprint density at radius 3 is 2.77 bits per heavy atom. The first-order valence-corrected chi connectivity index (χ1v) is 10.5. The van der Waals surface area contributed by atoms with E-state index in [4.69, 9.17) is 9.57 Å². The van der Waals surface area contributed by atoms with Gasteiger partial charge in [0.05, 0.1) is 25.2 Å². The smallest absolute Gasteiger partial charge is 0.311 e. The van der Waals surface area contributed by atoms with E-state index in [2.05, 4.69) is 27.1 Å². The summed E-state index contributed by atoms with van der Waals surface area (Å²) in [6.07, 6.45) is 6.79. The Balaban J connectivity index is 1.50. The van der Waals surface area contributed by atoms with E-state index in [1.165, 1.54) is 12.2 Å². The summed E-state index contributed by atoms with van der Waals surface area (Å²) in [6, 6.07) is 9.96. The van der Waals surface area contributed by atoms with Crippen molar-refractivity contribution in [3.8, 4) is 5.82 Å². The predicted octanol–water partition coefficient (Wildman–Crippen LogP) is 2.35. The Hall–Kier alpha value is -2.97. The van der Waals surface area contributed by atoms with Gasteiger partial charge in [-0.1, -0.05) is 12.1 Å². The second-order valence-corrected chi connectivity index (χ2v) is 7.99. The van der Waals surface area contributed by atoms with Gasteiger partial charge in [-0.25, -0.2) is 10.0 Å². The summed E-state index contributed by atoms with van der Waals surface area (Å²) in [5, 5.41) is 1.43. The van der Waals surface area contributed by atoms with E-state index in [0.29, 0.717) is 12.8 Å². The Morgan fingerprint density at radius 1 is 1.29 bits per heavy atom. The van der Waals surface area contributed by atoms with Crippen molar-refractivity contribution < 1.29 is 19.2 Å². The average molecular weight is 425 g/mol. The summed E-state index contributed by atoms with van der Waals surface area (Å²) in [5.41, 5.74) is 0.466. The number of pyridine rings is 1. The van der Waals surface area contributed by atoms with Crippen LogP contribution < -0.4 is 0 Å². The molecule has 4 heterocycles. The molecule has 1 spiro atoms. The molecule has 2 aromatic rings. The van der Waals surface area contributed by atoms with Gasteiger partial charge in [0.25, 0.3) is 0 Å². The van der Waals surface area contributed by atoms with E-state index in [1.807, 2.05) is 30.5 Å². The van der Waals surface area contributed by atoms with Crippen molar-refractivity contribution in [1.82, 2.24) is 19.5 Å². The van der Waals surface area contributed by atoms with Crippen LogP contribution in [0, 0.1) is 5.92 Å². The van der Waals surface area contributed by atoms with Crippen molar-refractivity contribution in [3.63, 3.8) is 0 Å². The number of piperidine rings is 1. The minimum absolute atomic E-state index is 0.117. The molecule has 2 aromatic heterocycles. The van der Waals surface area contributed by atoms with Crippen LogP contribution in [0.2, 0.25) is 0 Å². The topological polar surface area (TPSA) is 76.9 Å². The lowest BCUT2D eigenvalue weighted by Gasteiger charge is -2.45. The number of carbonyl (C=O) groups is 2. The summed E-state index contributed by atoms with van der Waals surface area (Å²) >= 11 is 0.